The van der Waals surface area contributed by atoms with Crippen molar-refractivity contribution >= 4 is 27.6 Å². The van der Waals surface area contributed by atoms with Crippen LogP contribution in [0.3, 0.4) is 0 Å². The van der Waals surface area contributed by atoms with Crippen LogP contribution in [0.15, 0.2) is 26.7 Å². The molecule has 0 spiro atoms. The van der Waals surface area contributed by atoms with Gasteiger partial charge in [0, 0.05) is 5.39 Å². The summed E-state index contributed by atoms with van der Waals surface area (Å²) in [5, 5.41) is 2.52. The highest BCUT2D eigenvalue weighted by Crippen LogP contribution is 2.19. The fourth-order valence-electron chi connectivity index (χ4n) is 1.10. The number of ether oxygens (including phenoxy) is 1. The molecule has 0 radical (unpaired) electrons. The lowest BCUT2D eigenvalue weighted by Gasteiger charge is -1.96. The summed E-state index contributed by atoms with van der Waals surface area (Å²) in [7, 11) is 1.22. The van der Waals surface area contributed by atoms with E-state index in [4.69, 9.17) is 4.42 Å². The number of thiophene rings is 1. The molecule has 5 heteroatoms. The lowest BCUT2D eigenvalue weighted by Crippen LogP contribution is -2.14. The van der Waals surface area contributed by atoms with Crippen molar-refractivity contribution in [1.82, 2.24) is 0 Å². The van der Waals surface area contributed by atoms with Crippen molar-refractivity contribution in [1.29, 1.82) is 0 Å². The predicted molar refractivity (Wildman–Crippen MR) is 51.7 cm³/mol. The molecule has 0 aliphatic rings. The Hall–Kier alpha value is -1.62. The Balaban J connectivity index is 2.71. The molecule has 0 N–H and O–H groups in total. The van der Waals surface area contributed by atoms with Gasteiger partial charge in [0.05, 0.1) is 7.11 Å². The van der Waals surface area contributed by atoms with Crippen LogP contribution in [0.4, 0.5) is 0 Å². The molecule has 0 amide bonds. The van der Waals surface area contributed by atoms with Crippen LogP contribution in [0.25, 0.3) is 10.3 Å². The standard InChI is InChI=1S/C9H6O4S/c1-12-7(10)6-4-5-2-3-14-9(5)13-8(6)11/h2-4H,1H3. The van der Waals surface area contributed by atoms with Crippen LogP contribution in [0.2, 0.25) is 0 Å². The summed E-state index contributed by atoms with van der Waals surface area (Å²) in [5.74, 6) is -0.674. The summed E-state index contributed by atoms with van der Waals surface area (Å²) >= 11 is 1.31. The average molecular weight is 210 g/mol. The molecule has 0 atom stereocenters. The van der Waals surface area contributed by atoms with Crippen LogP contribution in [0.5, 0.6) is 0 Å². The molecule has 14 heavy (non-hydrogen) atoms. The van der Waals surface area contributed by atoms with E-state index in [-0.39, 0.29) is 5.56 Å². The number of esters is 1. The zero-order valence-corrected chi connectivity index (χ0v) is 8.09. The lowest BCUT2D eigenvalue weighted by molar-refractivity contribution is 0.0596. The second-order valence-corrected chi connectivity index (χ2v) is 3.48. The molecule has 72 valence electrons. The van der Waals surface area contributed by atoms with Gasteiger partial charge in [0.15, 0.2) is 4.90 Å². The monoisotopic (exact) mass is 210 g/mol. The van der Waals surface area contributed by atoms with Gasteiger partial charge in [-0.15, -0.1) is 11.3 Å². The molecule has 0 unspecified atom stereocenters. The van der Waals surface area contributed by atoms with E-state index in [2.05, 4.69) is 4.74 Å². The molecule has 0 aromatic carbocycles. The Bertz CT molecular complexity index is 537. The Morgan fingerprint density at radius 1 is 1.57 bits per heavy atom. The van der Waals surface area contributed by atoms with E-state index in [1.807, 2.05) is 0 Å². The van der Waals surface area contributed by atoms with Gasteiger partial charge in [0.25, 0.3) is 0 Å². The third-order valence-electron chi connectivity index (χ3n) is 1.77. The highest BCUT2D eigenvalue weighted by atomic mass is 32.1. The first kappa shape index (κ1) is 8.96. The predicted octanol–water partition coefficient (Wildman–Crippen LogP) is 1.64. The number of fused-ring (bicyclic) bond motifs is 1. The van der Waals surface area contributed by atoms with Crippen molar-refractivity contribution < 1.29 is 13.9 Å². The van der Waals surface area contributed by atoms with E-state index in [0.717, 1.165) is 5.39 Å². The van der Waals surface area contributed by atoms with Crippen LogP contribution >= 0.6 is 11.3 Å². The highest BCUT2D eigenvalue weighted by Gasteiger charge is 2.13. The highest BCUT2D eigenvalue weighted by molar-refractivity contribution is 7.16. The van der Waals surface area contributed by atoms with Gasteiger partial charge in [-0.3, -0.25) is 0 Å². The molecular weight excluding hydrogens is 204 g/mol. The van der Waals surface area contributed by atoms with Gasteiger partial charge in [0.2, 0.25) is 0 Å². The minimum Gasteiger partial charge on any atom is -0.465 e. The van der Waals surface area contributed by atoms with Crippen LogP contribution < -0.4 is 5.63 Å². The molecule has 0 aliphatic carbocycles. The van der Waals surface area contributed by atoms with Gasteiger partial charge >= 0.3 is 11.6 Å². The number of hydrogen-bond acceptors (Lipinski definition) is 5. The van der Waals surface area contributed by atoms with E-state index in [0.29, 0.717) is 4.90 Å². The third-order valence-corrected chi connectivity index (χ3v) is 2.57. The van der Waals surface area contributed by atoms with E-state index in [1.165, 1.54) is 24.5 Å². The zero-order chi connectivity index (χ0) is 10.1. The van der Waals surface area contributed by atoms with Crippen LogP contribution in [0.1, 0.15) is 10.4 Å². The fourth-order valence-corrected chi connectivity index (χ4v) is 1.83. The van der Waals surface area contributed by atoms with Crippen LogP contribution in [0, 0.1) is 0 Å². The van der Waals surface area contributed by atoms with Crippen molar-refractivity contribution in [2.75, 3.05) is 7.11 Å². The first-order valence-electron chi connectivity index (χ1n) is 3.82. The van der Waals surface area contributed by atoms with E-state index < -0.39 is 11.6 Å². The molecular formula is C9H6O4S. The van der Waals surface area contributed by atoms with Crippen molar-refractivity contribution in [2.24, 2.45) is 0 Å². The Morgan fingerprint density at radius 3 is 3.07 bits per heavy atom. The van der Waals surface area contributed by atoms with Gasteiger partial charge in [-0.1, -0.05) is 0 Å². The molecule has 0 saturated heterocycles. The minimum absolute atomic E-state index is 0.0709. The number of carbonyl (C=O) groups excluding carboxylic acids is 1. The number of rotatable bonds is 1. The number of methoxy groups -OCH3 is 1. The maximum absolute atomic E-state index is 11.3. The lowest BCUT2D eigenvalue weighted by atomic mass is 10.2. The molecule has 0 aliphatic heterocycles. The van der Waals surface area contributed by atoms with Crippen molar-refractivity contribution in [3.8, 4) is 0 Å². The molecule has 0 fully saturated rings. The third kappa shape index (κ3) is 1.31. The van der Waals surface area contributed by atoms with Crippen molar-refractivity contribution in [3.63, 3.8) is 0 Å². The van der Waals surface area contributed by atoms with Crippen molar-refractivity contribution in [2.45, 2.75) is 0 Å². The van der Waals surface area contributed by atoms with Crippen LogP contribution in [-0.4, -0.2) is 13.1 Å². The molecule has 2 rings (SSSR count). The Labute approximate surface area is 82.7 Å². The summed E-state index contributed by atoms with van der Waals surface area (Å²) in [4.78, 5) is 22.9. The molecule has 2 aromatic heterocycles. The minimum atomic E-state index is -0.674. The molecule has 2 heterocycles. The topological polar surface area (TPSA) is 56.5 Å². The molecule has 0 saturated carbocycles. The maximum Gasteiger partial charge on any atom is 0.351 e. The van der Waals surface area contributed by atoms with E-state index in [1.54, 1.807) is 11.4 Å². The normalized spacial score (nSPS) is 10.4. The summed E-state index contributed by atoms with van der Waals surface area (Å²) in [6.07, 6.45) is 0. The number of hydrogen-bond donors (Lipinski definition) is 0. The zero-order valence-electron chi connectivity index (χ0n) is 7.27. The van der Waals surface area contributed by atoms with Crippen molar-refractivity contribution in [3.05, 3.63) is 33.5 Å². The molecule has 4 nitrogen and oxygen atoms in total. The Morgan fingerprint density at radius 2 is 2.36 bits per heavy atom. The SMILES string of the molecule is COC(=O)c1cc2ccsc2oc1=O. The first-order valence-corrected chi connectivity index (χ1v) is 4.70. The summed E-state index contributed by atoms with van der Waals surface area (Å²) in [6.45, 7) is 0. The molecule has 0 bridgehead atoms. The smallest absolute Gasteiger partial charge is 0.351 e. The van der Waals surface area contributed by atoms with E-state index in [9.17, 15) is 9.59 Å². The number of carbonyl (C=O) groups is 1. The Kier molecular flexibility index (Phi) is 2.09. The average Bonchev–Trinajstić information content (AvgIpc) is 2.62. The quantitative estimate of drug-likeness (QED) is 0.671. The summed E-state index contributed by atoms with van der Waals surface area (Å²) in [6, 6.07) is 3.25. The van der Waals surface area contributed by atoms with Gasteiger partial charge in [-0.25, -0.2) is 9.59 Å². The summed E-state index contributed by atoms with van der Waals surface area (Å²) < 4.78 is 9.36. The van der Waals surface area contributed by atoms with Gasteiger partial charge in [-0.2, -0.15) is 0 Å². The van der Waals surface area contributed by atoms with Crippen LogP contribution in [-0.2, 0) is 4.74 Å². The fraction of sp³-hybridized carbons (Fsp3) is 0.111. The second kappa shape index (κ2) is 3.26. The largest absolute Gasteiger partial charge is 0.465 e. The van der Waals surface area contributed by atoms with E-state index >= 15 is 0 Å². The van der Waals surface area contributed by atoms with Gasteiger partial charge in [0.1, 0.15) is 5.56 Å². The maximum atomic E-state index is 11.3. The molecule has 2 aromatic rings. The summed E-state index contributed by atoms with van der Waals surface area (Å²) in [5.41, 5.74) is -0.731. The second-order valence-electron chi connectivity index (χ2n) is 2.60. The first-order chi connectivity index (χ1) is 6.72. The van der Waals surface area contributed by atoms with Gasteiger partial charge < -0.3 is 9.15 Å². The van der Waals surface area contributed by atoms with Gasteiger partial charge in [-0.05, 0) is 17.5 Å².